The van der Waals surface area contributed by atoms with Crippen molar-refractivity contribution in [2.45, 2.75) is 12.5 Å². The summed E-state index contributed by atoms with van der Waals surface area (Å²) in [6.45, 7) is 0.750. The van der Waals surface area contributed by atoms with Crippen LogP contribution in [-0.4, -0.2) is 40.4 Å². The van der Waals surface area contributed by atoms with Gasteiger partial charge in [-0.05, 0) is 6.42 Å². The number of anilines is 1. The van der Waals surface area contributed by atoms with Gasteiger partial charge in [0.25, 0.3) is 0 Å². The third kappa shape index (κ3) is 1.93. The summed E-state index contributed by atoms with van der Waals surface area (Å²) in [6.07, 6.45) is 3.60. The minimum atomic E-state index is -0.229. The second kappa shape index (κ2) is 4.14. The number of amides is 1. The Morgan fingerprint density at radius 2 is 2.38 bits per heavy atom. The highest BCUT2D eigenvalue weighted by molar-refractivity contribution is 5.86. The number of nitrogens with zero attached hydrogens (tertiary/aromatic N) is 4. The number of carbonyl (C=O) groups is 1. The molecule has 1 N–H and O–H groups in total. The van der Waals surface area contributed by atoms with Crippen LogP contribution in [0.5, 0.6) is 0 Å². The van der Waals surface area contributed by atoms with Crippen LogP contribution in [0.3, 0.4) is 0 Å². The zero-order valence-electron chi connectivity index (χ0n) is 8.84. The number of likely N-dealkylation sites (N-methyl/N-ethyl adjacent to an activating group) is 1. The number of carbonyl (C=O) groups excluding carboxylic acids is 1. The Morgan fingerprint density at radius 1 is 1.56 bits per heavy atom. The van der Waals surface area contributed by atoms with Crippen molar-refractivity contribution in [2.75, 3.05) is 18.9 Å². The van der Waals surface area contributed by atoms with E-state index in [0.717, 1.165) is 13.0 Å². The van der Waals surface area contributed by atoms with Crippen molar-refractivity contribution in [3.05, 3.63) is 18.1 Å². The molecule has 1 aliphatic rings. The summed E-state index contributed by atoms with van der Waals surface area (Å²) in [5.74, 6) is 0.582. The predicted molar refractivity (Wildman–Crippen MR) is 56.4 cm³/mol. The quantitative estimate of drug-likeness (QED) is 0.753. The lowest BCUT2D eigenvalue weighted by Crippen LogP contribution is -2.31. The molecule has 1 fully saturated rings. The van der Waals surface area contributed by atoms with E-state index in [9.17, 15) is 4.79 Å². The lowest BCUT2D eigenvalue weighted by atomic mass is 10.2. The molecule has 1 saturated heterocycles. The van der Waals surface area contributed by atoms with Gasteiger partial charge in [-0.2, -0.15) is 5.26 Å². The summed E-state index contributed by atoms with van der Waals surface area (Å²) in [4.78, 5) is 21.1. The van der Waals surface area contributed by atoms with Gasteiger partial charge in [-0.15, -0.1) is 0 Å². The number of nitrogens with one attached hydrogen (secondary N) is 1. The van der Waals surface area contributed by atoms with Gasteiger partial charge in [-0.25, -0.2) is 9.97 Å². The number of rotatable bonds is 2. The summed E-state index contributed by atoms with van der Waals surface area (Å²) in [5.41, 5.74) is 0.264. The Balaban J connectivity index is 2.05. The zero-order valence-corrected chi connectivity index (χ0v) is 8.84. The molecule has 0 spiro atoms. The standard InChI is InChI=1S/C10H11N5O/c1-15-3-2-8(10(15)16)14-9-6-12-7(4-11)5-13-9/h5-6,8H,2-3H2,1H3,(H,13,14). The summed E-state index contributed by atoms with van der Waals surface area (Å²) in [7, 11) is 1.77. The maximum atomic E-state index is 11.6. The molecule has 6 nitrogen and oxygen atoms in total. The minimum absolute atomic E-state index is 0.0613. The normalized spacial score (nSPS) is 19.6. The van der Waals surface area contributed by atoms with E-state index in [-0.39, 0.29) is 17.6 Å². The number of hydrogen-bond donors (Lipinski definition) is 1. The average molecular weight is 217 g/mol. The van der Waals surface area contributed by atoms with E-state index in [2.05, 4.69) is 15.3 Å². The second-order valence-electron chi connectivity index (χ2n) is 3.64. The van der Waals surface area contributed by atoms with E-state index in [1.807, 2.05) is 6.07 Å². The Labute approximate surface area is 92.9 Å². The van der Waals surface area contributed by atoms with Crippen molar-refractivity contribution in [1.29, 1.82) is 5.26 Å². The largest absolute Gasteiger partial charge is 0.357 e. The van der Waals surface area contributed by atoms with Crippen LogP contribution in [0.1, 0.15) is 12.1 Å². The summed E-state index contributed by atoms with van der Waals surface area (Å²) in [6, 6.07) is 1.66. The maximum absolute atomic E-state index is 11.6. The Bertz CT molecular complexity index is 436. The van der Waals surface area contributed by atoms with Gasteiger partial charge in [0.05, 0.1) is 12.4 Å². The fourth-order valence-electron chi connectivity index (χ4n) is 1.60. The van der Waals surface area contributed by atoms with Crippen LogP contribution in [0.25, 0.3) is 0 Å². The Kier molecular flexibility index (Phi) is 2.68. The fourth-order valence-corrected chi connectivity index (χ4v) is 1.60. The van der Waals surface area contributed by atoms with E-state index in [1.54, 1.807) is 11.9 Å². The first kappa shape index (κ1) is 10.4. The van der Waals surface area contributed by atoms with E-state index < -0.39 is 0 Å². The van der Waals surface area contributed by atoms with Crippen molar-refractivity contribution in [3.63, 3.8) is 0 Å². The molecule has 0 radical (unpaired) electrons. The minimum Gasteiger partial charge on any atom is -0.357 e. The summed E-state index contributed by atoms with van der Waals surface area (Å²) in [5, 5.41) is 11.6. The van der Waals surface area contributed by atoms with Gasteiger partial charge in [0.15, 0.2) is 5.69 Å². The highest BCUT2D eigenvalue weighted by Crippen LogP contribution is 2.13. The van der Waals surface area contributed by atoms with Crippen molar-refractivity contribution in [1.82, 2.24) is 14.9 Å². The van der Waals surface area contributed by atoms with Crippen LogP contribution in [-0.2, 0) is 4.79 Å². The summed E-state index contributed by atoms with van der Waals surface area (Å²) < 4.78 is 0. The van der Waals surface area contributed by atoms with Crippen LogP contribution in [0.4, 0.5) is 5.82 Å². The molecular weight excluding hydrogens is 206 g/mol. The smallest absolute Gasteiger partial charge is 0.244 e. The van der Waals surface area contributed by atoms with E-state index in [1.165, 1.54) is 12.4 Å². The topological polar surface area (TPSA) is 81.9 Å². The Hall–Kier alpha value is -2.16. The molecule has 82 valence electrons. The SMILES string of the molecule is CN1CCC(Nc2cnc(C#N)cn2)C1=O. The van der Waals surface area contributed by atoms with Crippen LogP contribution < -0.4 is 5.32 Å². The second-order valence-corrected chi connectivity index (χ2v) is 3.64. The molecule has 0 aliphatic carbocycles. The van der Waals surface area contributed by atoms with E-state index in [4.69, 9.17) is 5.26 Å². The van der Waals surface area contributed by atoms with Gasteiger partial charge in [0, 0.05) is 13.6 Å². The van der Waals surface area contributed by atoms with Crippen molar-refractivity contribution in [2.24, 2.45) is 0 Å². The molecule has 2 rings (SSSR count). The van der Waals surface area contributed by atoms with Crippen molar-refractivity contribution in [3.8, 4) is 6.07 Å². The van der Waals surface area contributed by atoms with Gasteiger partial charge in [0.2, 0.25) is 5.91 Å². The predicted octanol–water partition coefficient (Wildman–Crippen LogP) is -0.00912. The van der Waals surface area contributed by atoms with Crippen LogP contribution >= 0.6 is 0 Å². The van der Waals surface area contributed by atoms with Crippen molar-refractivity contribution >= 4 is 11.7 Å². The molecular formula is C10H11N5O. The van der Waals surface area contributed by atoms with Crippen LogP contribution in [0, 0.1) is 11.3 Å². The van der Waals surface area contributed by atoms with Gasteiger partial charge in [-0.1, -0.05) is 0 Å². The van der Waals surface area contributed by atoms with E-state index >= 15 is 0 Å². The molecule has 16 heavy (non-hydrogen) atoms. The molecule has 6 heteroatoms. The number of nitriles is 1. The molecule has 1 aromatic rings. The molecule has 0 saturated carbocycles. The lowest BCUT2D eigenvalue weighted by molar-refractivity contribution is -0.127. The number of likely N-dealkylation sites (tertiary alicyclic amines) is 1. The fraction of sp³-hybridized carbons (Fsp3) is 0.400. The van der Waals surface area contributed by atoms with Gasteiger partial charge < -0.3 is 10.2 Å². The average Bonchev–Trinajstić information content (AvgIpc) is 2.62. The van der Waals surface area contributed by atoms with Crippen LogP contribution in [0.2, 0.25) is 0 Å². The highest BCUT2D eigenvalue weighted by atomic mass is 16.2. The third-order valence-electron chi connectivity index (χ3n) is 2.52. The molecule has 1 aromatic heterocycles. The first-order valence-electron chi connectivity index (χ1n) is 4.94. The van der Waals surface area contributed by atoms with Crippen molar-refractivity contribution < 1.29 is 4.79 Å². The molecule has 1 aliphatic heterocycles. The Morgan fingerprint density at radius 3 is 2.88 bits per heavy atom. The molecule has 1 unspecified atom stereocenters. The van der Waals surface area contributed by atoms with E-state index in [0.29, 0.717) is 5.82 Å². The molecule has 0 aromatic carbocycles. The lowest BCUT2D eigenvalue weighted by Gasteiger charge is -2.12. The number of hydrogen-bond acceptors (Lipinski definition) is 5. The maximum Gasteiger partial charge on any atom is 0.244 e. The monoisotopic (exact) mass is 217 g/mol. The molecule has 2 heterocycles. The van der Waals surface area contributed by atoms with Crippen LogP contribution in [0.15, 0.2) is 12.4 Å². The zero-order chi connectivity index (χ0) is 11.5. The molecule has 1 atom stereocenters. The van der Waals surface area contributed by atoms with Gasteiger partial charge >= 0.3 is 0 Å². The summed E-state index contributed by atoms with van der Waals surface area (Å²) >= 11 is 0. The molecule has 1 amide bonds. The first-order chi connectivity index (χ1) is 7.70. The number of aromatic nitrogens is 2. The first-order valence-corrected chi connectivity index (χ1v) is 4.94. The molecule has 0 bridgehead atoms. The highest BCUT2D eigenvalue weighted by Gasteiger charge is 2.28. The van der Waals surface area contributed by atoms with Gasteiger partial charge in [-0.3, -0.25) is 4.79 Å². The third-order valence-corrected chi connectivity index (χ3v) is 2.52. The van der Waals surface area contributed by atoms with Gasteiger partial charge in [0.1, 0.15) is 17.9 Å².